The number of nitrogens with one attached hydrogen (secondary N) is 2. The van der Waals surface area contributed by atoms with Gasteiger partial charge in [0.2, 0.25) is 5.95 Å². The minimum atomic E-state index is -3.87. The second kappa shape index (κ2) is 7.55. The van der Waals surface area contributed by atoms with Gasteiger partial charge in [-0.1, -0.05) is 0 Å². The smallest absolute Gasteiger partial charge is 0.264 e. The molecule has 0 atom stereocenters. The van der Waals surface area contributed by atoms with Crippen molar-refractivity contribution in [2.75, 3.05) is 10.0 Å². The van der Waals surface area contributed by atoms with Crippen molar-refractivity contribution >= 4 is 21.7 Å². The number of hydrogen-bond acceptors (Lipinski definition) is 8. The maximum atomic E-state index is 12.2. The first-order valence-electron chi connectivity index (χ1n) is 6.61. The van der Waals surface area contributed by atoms with Gasteiger partial charge in [-0.15, -0.1) is 0 Å². The van der Waals surface area contributed by atoms with E-state index in [-0.39, 0.29) is 22.1 Å². The van der Waals surface area contributed by atoms with Gasteiger partial charge in [-0.05, 0) is 30.3 Å². The van der Waals surface area contributed by atoms with E-state index in [9.17, 15) is 8.42 Å². The lowest BCUT2D eigenvalue weighted by molar-refractivity contribution is 0.601. The summed E-state index contributed by atoms with van der Waals surface area (Å²) in [7, 11) is -3.87. The van der Waals surface area contributed by atoms with Crippen LogP contribution in [-0.4, -0.2) is 18.4 Å². The van der Waals surface area contributed by atoms with E-state index in [0.29, 0.717) is 5.69 Å². The standard InChI is InChI=1S/C15H9N7O2S/c16-8-11(9-17)14(10-18)21-12-2-4-13(5-3-12)25(23,24)22-15-19-6-1-7-20-15/h1-7,21H,(H,19,20,22). The summed E-state index contributed by atoms with van der Waals surface area (Å²) in [6.07, 6.45) is 2.80. The summed E-state index contributed by atoms with van der Waals surface area (Å²) in [5, 5.41) is 29.1. The van der Waals surface area contributed by atoms with Crippen LogP contribution in [0.5, 0.6) is 0 Å². The van der Waals surface area contributed by atoms with Gasteiger partial charge < -0.3 is 5.32 Å². The fourth-order valence-corrected chi connectivity index (χ4v) is 2.63. The van der Waals surface area contributed by atoms with Crippen molar-refractivity contribution in [3.8, 4) is 18.2 Å². The van der Waals surface area contributed by atoms with Gasteiger partial charge in [0.05, 0.1) is 4.90 Å². The first kappa shape index (κ1) is 17.4. The summed E-state index contributed by atoms with van der Waals surface area (Å²) in [6.45, 7) is 0. The van der Waals surface area contributed by atoms with Crippen LogP contribution in [0.25, 0.3) is 0 Å². The number of nitriles is 3. The lowest BCUT2D eigenvalue weighted by atomic mass is 10.2. The minimum Gasteiger partial charge on any atom is -0.345 e. The number of rotatable bonds is 5. The quantitative estimate of drug-likeness (QED) is 0.768. The van der Waals surface area contributed by atoms with Crippen LogP contribution in [0.2, 0.25) is 0 Å². The van der Waals surface area contributed by atoms with E-state index in [1.165, 1.54) is 36.7 Å². The van der Waals surface area contributed by atoms with Gasteiger partial charge in [-0.25, -0.2) is 23.1 Å². The molecule has 1 heterocycles. The molecule has 2 rings (SSSR count). The predicted octanol–water partition coefficient (Wildman–Crippen LogP) is 1.51. The molecular formula is C15H9N7O2S. The van der Waals surface area contributed by atoms with Gasteiger partial charge in [0.1, 0.15) is 23.9 Å². The Balaban J connectivity index is 2.23. The summed E-state index contributed by atoms with van der Waals surface area (Å²) >= 11 is 0. The largest absolute Gasteiger partial charge is 0.345 e. The van der Waals surface area contributed by atoms with Crippen LogP contribution in [0, 0.1) is 34.0 Å². The number of benzene rings is 1. The van der Waals surface area contributed by atoms with E-state index in [4.69, 9.17) is 15.8 Å². The van der Waals surface area contributed by atoms with Crippen molar-refractivity contribution in [2.45, 2.75) is 4.90 Å². The third-order valence-corrected chi connectivity index (χ3v) is 4.15. The molecule has 1 aromatic heterocycles. The second-order valence-corrected chi connectivity index (χ2v) is 6.10. The number of anilines is 2. The zero-order chi connectivity index (χ0) is 18.3. The third kappa shape index (κ3) is 4.29. The maximum absolute atomic E-state index is 12.2. The fraction of sp³-hybridized carbons (Fsp3) is 0. The molecule has 0 fully saturated rings. The summed E-state index contributed by atoms with van der Waals surface area (Å²) < 4.78 is 26.7. The highest BCUT2D eigenvalue weighted by Crippen LogP contribution is 2.18. The highest BCUT2D eigenvalue weighted by molar-refractivity contribution is 7.92. The first-order valence-corrected chi connectivity index (χ1v) is 8.10. The lowest BCUT2D eigenvalue weighted by Gasteiger charge is -2.08. The second-order valence-electron chi connectivity index (χ2n) is 4.41. The van der Waals surface area contributed by atoms with Crippen molar-refractivity contribution in [2.24, 2.45) is 0 Å². The van der Waals surface area contributed by atoms with E-state index >= 15 is 0 Å². The van der Waals surface area contributed by atoms with Gasteiger partial charge in [-0.3, -0.25) is 0 Å². The zero-order valence-electron chi connectivity index (χ0n) is 12.5. The first-order chi connectivity index (χ1) is 12.0. The lowest BCUT2D eigenvalue weighted by Crippen LogP contribution is -2.14. The van der Waals surface area contributed by atoms with Gasteiger partial charge in [0.25, 0.3) is 10.0 Å². The van der Waals surface area contributed by atoms with Crippen molar-refractivity contribution in [3.63, 3.8) is 0 Å². The van der Waals surface area contributed by atoms with Gasteiger partial charge in [-0.2, -0.15) is 15.8 Å². The molecule has 0 aliphatic heterocycles. The number of sulfonamides is 1. The number of aromatic nitrogens is 2. The Morgan fingerprint density at radius 1 is 0.960 bits per heavy atom. The molecule has 2 aromatic rings. The zero-order valence-corrected chi connectivity index (χ0v) is 13.3. The predicted molar refractivity (Wildman–Crippen MR) is 86.8 cm³/mol. The van der Waals surface area contributed by atoms with E-state index in [2.05, 4.69) is 20.0 Å². The molecule has 10 heteroatoms. The molecule has 25 heavy (non-hydrogen) atoms. The van der Waals surface area contributed by atoms with Crippen molar-refractivity contribution in [1.29, 1.82) is 15.8 Å². The van der Waals surface area contributed by atoms with E-state index < -0.39 is 10.0 Å². The molecule has 1 aromatic carbocycles. The van der Waals surface area contributed by atoms with Crippen LogP contribution in [0.3, 0.4) is 0 Å². The van der Waals surface area contributed by atoms with Crippen LogP contribution < -0.4 is 10.0 Å². The Labute approximate surface area is 143 Å². The number of allylic oxidation sites excluding steroid dienone is 2. The van der Waals surface area contributed by atoms with Crippen LogP contribution in [0.4, 0.5) is 11.6 Å². The van der Waals surface area contributed by atoms with E-state index in [1.807, 2.05) is 0 Å². The average molecular weight is 351 g/mol. The van der Waals surface area contributed by atoms with Gasteiger partial charge >= 0.3 is 0 Å². The summed E-state index contributed by atoms with van der Waals surface area (Å²) in [6, 6.07) is 11.8. The van der Waals surface area contributed by atoms with Crippen molar-refractivity contribution < 1.29 is 8.42 Å². The molecule has 0 unspecified atom stereocenters. The molecule has 122 valence electrons. The summed E-state index contributed by atoms with van der Waals surface area (Å²) in [5.74, 6) is -0.0629. The topological polar surface area (TPSA) is 155 Å². The Bertz CT molecular complexity index is 1010. The maximum Gasteiger partial charge on any atom is 0.264 e. The molecule has 0 bridgehead atoms. The highest BCUT2D eigenvalue weighted by Gasteiger charge is 2.15. The van der Waals surface area contributed by atoms with Crippen molar-refractivity contribution in [3.05, 3.63) is 54.0 Å². The Morgan fingerprint density at radius 2 is 1.56 bits per heavy atom. The molecule has 0 amide bonds. The van der Waals surface area contributed by atoms with Crippen molar-refractivity contribution in [1.82, 2.24) is 9.97 Å². The fourth-order valence-electron chi connectivity index (χ4n) is 1.68. The Kier molecular flexibility index (Phi) is 5.26. The van der Waals surface area contributed by atoms with Gasteiger partial charge in [0.15, 0.2) is 5.57 Å². The third-order valence-electron chi connectivity index (χ3n) is 2.81. The SMILES string of the molecule is N#CC(C#N)=C(C#N)Nc1ccc(S(=O)(=O)Nc2ncccn2)cc1. The van der Waals surface area contributed by atoms with E-state index in [0.717, 1.165) is 0 Å². The van der Waals surface area contributed by atoms with Gasteiger partial charge in [0, 0.05) is 18.1 Å². The molecular weight excluding hydrogens is 342 g/mol. The molecule has 2 N–H and O–H groups in total. The normalized spacial score (nSPS) is 9.80. The average Bonchev–Trinajstić information content (AvgIpc) is 2.62. The van der Waals surface area contributed by atoms with E-state index in [1.54, 1.807) is 24.3 Å². The molecule has 9 nitrogen and oxygen atoms in total. The van der Waals surface area contributed by atoms with Crippen LogP contribution in [0.1, 0.15) is 0 Å². The summed E-state index contributed by atoms with van der Waals surface area (Å²) in [5.41, 5.74) is -0.257. The van der Waals surface area contributed by atoms with Crippen LogP contribution >= 0.6 is 0 Å². The minimum absolute atomic E-state index is 0.0474. The van der Waals surface area contributed by atoms with Crippen LogP contribution in [-0.2, 0) is 10.0 Å². The monoisotopic (exact) mass is 351 g/mol. The molecule has 0 spiro atoms. The molecule has 0 radical (unpaired) electrons. The Morgan fingerprint density at radius 3 is 2.08 bits per heavy atom. The summed E-state index contributed by atoms with van der Waals surface area (Å²) in [4.78, 5) is 7.51. The number of hydrogen-bond donors (Lipinski definition) is 2. The molecule has 0 saturated carbocycles. The number of nitrogens with zero attached hydrogens (tertiary/aromatic N) is 5. The molecule has 0 aliphatic rings. The Hall–Kier alpha value is -3.94. The van der Waals surface area contributed by atoms with Crippen LogP contribution in [0.15, 0.2) is 58.9 Å². The molecule has 0 aliphatic carbocycles. The highest BCUT2D eigenvalue weighted by atomic mass is 32.2. The molecule has 0 saturated heterocycles.